The van der Waals surface area contributed by atoms with Gasteiger partial charge in [-0.15, -0.1) is 0 Å². The van der Waals surface area contributed by atoms with Crippen molar-refractivity contribution in [1.82, 2.24) is 0 Å². The molecule has 0 aliphatic carbocycles. The van der Waals surface area contributed by atoms with E-state index in [1.54, 1.807) is 4.44 Å². The number of aryl methyl sites for hydroxylation is 1. The summed E-state index contributed by atoms with van der Waals surface area (Å²) < 4.78 is 3.14. The molecule has 0 N–H and O–H groups in total. The molecular weight excluding hydrogens is 247 g/mol. The van der Waals surface area contributed by atoms with Crippen LogP contribution in [0, 0.1) is 6.92 Å². The second kappa shape index (κ2) is 3.73. The summed E-state index contributed by atoms with van der Waals surface area (Å²) in [6, 6.07) is 11.2. The monoisotopic (exact) mass is 265 g/mol. The van der Waals surface area contributed by atoms with Crippen LogP contribution in [0.1, 0.15) is 30.8 Å². The van der Waals surface area contributed by atoms with Gasteiger partial charge in [-0.3, -0.25) is 0 Å². The van der Waals surface area contributed by atoms with Crippen molar-refractivity contribution >= 4 is 24.1 Å². The zero-order valence-electron chi connectivity index (χ0n) is 9.79. The van der Waals surface area contributed by atoms with Gasteiger partial charge >= 0.3 is 97.6 Å². The first-order chi connectivity index (χ1) is 6.98. The Labute approximate surface area is 97.7 Å². The van der Waals surface area contributed by atoms with E-state index in [1.807, 2.05) is 0 Å². The summed E-state index contributed by atoms with van der Waals surface area (Å²) in [7, 11) is 0. The van der Waals surface area contributed by atoms with Crippen molar-refractivity contribution in [2.24, 2.45) is 0 Å². The Kier molecular flexibility index (Phi) is 2.70. The summed E-state index contributed by atoms with van der Waals surface area (Å²) in [6.45, 7) is 9.14. The fourth-order valence-electron chi connectivity index (χ4n) is 1.67. The van der Waals surface area contributed by atoms with Gasteiger partial charge in [0.2, 0.25) is 0 Å². The summed E-state index contributed by atoms with van der Waals surface area (Å²) in [4.78, 5) is 0. The molecule has 1 aromatic carbocycles. The number of rotatable bonds is 0. The summed E-state index contributed by atoms with van der Waals surface area (Å²) in [6.07, 6.45) is 0. The molecular formula is C14H17Se+. The van der Waals surface area contributed by atoms with Crippen molar-refractivity contribution in [3.63, 3.8) is 0 Å². The van der Waals surface area contributed by atoms with E-state index >= 15 is 0 Å². The molecule has 1 aromatic heterocycles. The third-order valence-corrected chi connectivity index (χ3v) is 5.82. The first kappa shape index (κ1) is 10.9. The molecule has 0 spiro atoms. The molecule has 0 nitrogen and oxygen atoms in total. The van der Waals surface area contributed by atoms with E-state index in [0.29, 0.717) is 19.9 Å². The van der Waals surface area contributed by atoms with E-state index in [0.717, 1.165) is 0 Å². The zero-order valence-corrected chi connectivity index (χ0v) is 11.5. The van der Waals surface area contributed by atoms with E-state index in [9.17, 15) is 0 Å². The predicted octanol–water partition coefficient (Wildman–Crippen LogP) is 3.78. The minimum absolute atomic E-state index is 0.314. The molecule has 0 saturated heterocycles. The van der Waals surface area contributed by atoms with E-state index < -0.39 is 0 Å². The molecule has 0 saturated carbocycles. The van der Waals surface area contributed by atoms with Gasteiger partial charge in [-0.2, -0.15) is 0 Å². The van der Waals surface area contributed by atoms with Crippen LogP contribution in [0.3, 0.4) is 0 Å². The second-order valence-corrected chi connectivity index (χ2v) is 7.31. The van der Waals surface area contributed by atoms with E-state index in [1.165, 1.54) is 15.2 Å². The third kappa shape index (κ3) is 2.14. The van der Waals surface area contributed by atoms with E-state index in [4.69, 9.17) is 0 Å². The standard InChI is InChI=1S/C14H17Se/c1-10-9-13(14(2,3)4)15-12-8-6-5-7-11(10)12/h5-9H,1-4H3/q+1. The SMILES string of the molecule is Cc1cc(C(C)(C)C)[se+]c2ccccc12. The quantitative estimate of drug-likeness (QED) is 0.635. The molecule has 1 heterocycles. The molecule has 0 fully saturated rings. The first-order valence-electron chi connectivity index (χ1n) is 5.31. The van der Waals surface area contributed by atoms with Gasteiger partial charge in [-0.25, -0.2) is 0 Å². The molecule has 78 valence electrons. The Morgan fingerprint density at radius 3 is 2.40 bits per heavy atom. The number of hydrogen-bond acceptors (Lipinski definition) is 0. The Bertz CT molecular complexity index is 492. The summed E-state index contributed by atoms with van der Waals surface area (Å²) >= 11 is 0.508. The van der Waals surface area contributed by atoms with Crippen molar-refractivity contribution in [2.45, 2.75) is 33.1 Å². The van der Waals surface area contributed by atoms with Gasteiger partial charge in [-0.05, 0) is 0 Å². The van der Waals surface area contributed by atoms with Gasteiger partial charge < -0.3 is 0 Å². The molecule has 0 unspecified atom stereocenters. The van der Waals surface area contributed by atoms with Crippen molar-refractivity contribution in [1.29, 1.82) is 0 Å². The average Bonchev–Trinajstić information content (AvgIpc) is 2.16. The second-order valence-electron chi connectivity index (χ2n) is 5.04. The number of fused-ring (bicyclic) bond motifs is 1. The normalized spacial score (nSPS) is 12.0. The van der Waals surface area contributed by atoms with Crippen molar-refractivity contribution in [3.05, 3.63) is 40.3 Å². The van der Waals surface area contributed by atoms with Gasteiger partial charge in [0.1, 0.15) is 0 Å². The van der Waals surface area contributed by atoms with Crippen LogP contribution in [0.15, 0.2) is 30.3 Å². The van der Waals surface area contributed by atoms with Gasteiger partial charge in [0.05, 0.1) is 0 Å². The zero-order chi connectivity index (χ0) is 11.1. The molecule has 0 aliphatic heterocycles. The van der Waals surface area contributed by atoms with Gasteiger partial charge in [-0.1, -0.05) is 0 Å². The topological polar surface area (TPSA) is 0 Å². The average molecular weight is 264 g/mol. The third-order valence-electron chi connectivity index (χ3n) is 2.62. The Morgan fingerprint density at radius 2 is 1.73 bits per heavy atom. The van der Waals surface area contributed by atoms with Gasteiger partial charge in [0.25, 0.3) is 0 Å². The molecule has 2 rings (SSSR count). The predicted molar refractivity (Wildman–Crippen MR) is 68.7 cm³/mol. The molecule has 0 bridgehead atoms. The van der Waals surface area contributed by atoms with Crippen LogP contribution in [-0.2, 0) is 5.41 Å². The molecule has 0 amide bonds. The van der Waals surface area contributed by atoms with Gasteiger partial charge in [0, 0.05) is 0 Å². The maximum absolute atomic E-state index is 2.39. The fraction of sp³-hybridized carbons (Fsp3) is 0.357. The van der Waals surface area contributed by atoms with Crippen molar-refractivity contribution in [3.8, 4) is 0 Å². The molecule has 2 aromatic rings. The van der Waals surface area contributed by atoms with Crippen LogP contribution in [0.4, 0.5) is 0 Å². The van der Waals surface area contributed by atoms with Crippen LogP contribution < -0.4 is 0 Å². The van der Waals surface area contributed by atoms with Crippen LogP contribution >= 0.6 is 0 Å². The van der Waals surface area contributed by atoms with Crippen LogP contribution in [0.5, 0.6) is 0 Å². The van der Waals surface area contributed by atoms with Crippen LogP contribution in [0.25, 0.3) is 9.65 Å². The summed E-state index contributed by atoms with van der Waals surface area (Å²) in [5, 5.41) is 1.45. The number of hydrogen-bond donors (Lipinski definition) is 0. The van der Waals surface area contributed by atoms with Crippen molar-refractivity contribution < 1.29 is 0 Å². The Balaban J connectivity index is 2.73. The molecule has 0 aliphatic rings. The molecule has 0 radical (unpaired) electrons. The maximum atomic E-state index is 2.39. The van der Waals surface area contributed by atoms with E-state index in [-0.39, 0.29) is 0 Å². The first-order valence-corrected chi connectivity index (χ1v) is 7.03. The molecule has 1 heteroatoms. The van der Waals surface area contributed by atoms with Gasteiger partial charge in [0.15, 0.2) is 0 Å². The summed E-state index contributed by atoms with van der Waals surface area (Å²) in [5.74, 6) is 0. The van der Waals surface area contributed by atoms with E-state index in [2.05, 4.69) is 58.0 Å². The van der Waals surface area contributed by atoms with Crippen molar-refractivity contribution in [2.75, 3.05) is 0 Å². The fourth-order valence-corrected chi connectivity index (χ4v) is 4.33. The molecule has 15 heavy (non-hydrogen) atoms. The number of benzene rings is 1. The van der Waals surface area contributed by atoms with Crippen LogP contribution in [0.2, 0.25) is 0 Å². The minimum atomic E-state index is 0.314. The molecule has 0 atom stereocenters. The Hall–Kier alpha value is -0.651. The van der Waals surface area contributed by atoms with Crippen LogP contribution in [-0.4, -0.2) is 14.5 Å². The Morgan fingerprint density at radius 1 is 1.07 bits per heavy atom. The summed E-state index contributed by atoms with van der Waals surface area (Å²) in [5.41, 5.74) is 1.73.